The van der Waals surface area contributed by atoms with Gasteiger partial charge in [0.05, 0.1) is 17.6 Å². The standard InChI is InChI=1S/C9H9FN4O/c1-5-8(10)9(15)14(13-5)6-2-3-7(11)12-4-6/h2-4,8H,1H3,(H2,11,12). The number of hydrazone groups is 1. The molecule has 1 aromatic rings. The van der Waals surface area contributed by atoms with Crippen LogP contribution in [0.25, 0.3) is 0 Å². The average Bonchev–Trinajstić information content (AvgIpc) is 2.47. The first kappa shape index (κ1) is 9.57. The summed E-state index contributed by atoms with van der Waals surface area (Å²) in [6.07, 6.45) is -0.273. The zero-order valence-corrected chi connectivity index (χ0v) is 8.01. The highest BCUT2D eigenvalue weighted by Crippen LogP contribution is 2.21. The van der Waals surface area contributed by atoms with Crippen LogP contribution in [0, 0.1) is 0 Å². The van der Waals surface area contributed by atoms with Crippen molar-refractivity contribution >= 4 is 23.1 Å². The van der Waals surface area contributed by atoms with Gasteiger partial charge in [-0.25, -0.2) is 9.37 Å². The van der Waals surface area contributed by atoms with E-state index in [2.05, 4.69) is 10.1 Å². The molecular weight excluding hydrogens is 199 g/mol. The van der Waals surface area contributed by atoms with Gasteiger partial charge in [0, 0.05) is 0 Å². The van der Waals surface area contributed by atoms with Gasteiger partial charge in [-0.05, 0) is 19.1 Å². The summed E-state index contributed by atoms with van der Waals surface area (Å²) >= 11 is 0. The van der Waals surface area contributed by atoms with Gasteiger partial charge in [-0.15, -0.1) is 0 Å². The molecule has 1 atom stereocenters. The molecule has 0 aliphatic carbocycles. The predicted molar refractivity (Wildman–Crippen MR) is 54.1 cm³/mol. The molecule has 0 aromatic carbocycles. The van der Waals surface area contributed by atoms with Gasteiger partial charge in [0.15, 0.2) is 0 Å². The number of anilines is 2. The number of hydrogen-bond acceptors (Lipinski definition) is 4. The van der Waals surface area contributed by atoms with Crippen molar-refractivity contribution in [2.75, 3.05) is 10.7 Å². The third-order valence-corrected chi connectivity index (χ3v) is 2.07. The Morgan fingerprint density at radius 3 is 2.73 bits per heavy atom. The summed E-state index contributed by atoms with van der Waals surface area (Å²) in [4.78, 5) is 15.2. The zero-order valence-electron chi connectivity index (χ0n) is 8.01. The molecule has 2 N–H and O–H groups in total. The number of nitrogens with zero attached hydrogens (tertiary/aromatic N) is 3. The Morgan fingerprint density at radius 1 is 1.53 bits per heavy atom. The molecule has 1 amide bonds. The molecule has 2 rings (SSSR count). The van der Waals surface area contributed by atoms with Crippen LogP contribution in [0.4, 0.5) is 15.9 Å². The molecule has 0 radical (unpaired) electrons. The van der Waals surface area contributed by atoms with Crippen LogP contribution in [0.1, 0.15) is 6.92 Å². The van der Waals surface area contributed by atoms with E-state index in [1.807, 2.05) is 0 Å². The molecule has 2 heterocycles. The minimum atomic E-state index is -1.65. The largest absolute Gasteiger partial charge is 0.384 e. The lowest BCUT2D eigenvalue weighted by Gasteiger charge is -2.10. The third kappa shape index (κ3) is 1.54. The molecule has 78 valence electrons. The summed E-state index contributed by atoms with van der Waals surface area (Å²) in [5.41, 5.74) is 5.95. The van der Waals surface area contributed by atoms with E-state index in [4.69, 9.17) is 5.73 Å². The van der Waals surface area contributed by atoms with Gasteiger partial charge in [-0.3, -0.25) is 4.79 Å². The lowest BCUT2D eigenvalue weighted by atomic mass is 10.2. The smallest absolute Gasteiger partial charge is 0.287 e. The molecule has 0 fully saturated rings. The molecule has 6 heteroatoms. The highest BCUT2D eigenvalue weighted by molar-refractivity contribution is 6.17. The van der Waals surface area contributed by atoms with E-state index in [0.717, 1.165) is 5.01 Å². The molecule has 0 saturated carbocycles. The number of carbonyl (C=O) groups excluding carboxylic acids is 1. The summed E-state index contributed by atoms with van der Waals surface area (Å²) in [7, 11) is 0. The van der Waals surface area contributed by atoms with Crippen molar-refractivity contribution in [3.63, 3.8) is 0 Å². The van der Waals surface area contributed by atoms with Crippen LogP contribution in [-0.2, 0) is 4.79 Å². The molecule has 15 heavy (non-hydrogen) atoms. The highest BCUT2D eigenvalue weighted by Gasteiger charge is 2.34. The van der Waals surface area contributed by atoms with Crippen molar-refractivity contribution < 1.29 is 9.18 Å². The van der Waals surface area contributed by atoms with Gasteiger partial charge in [0.2, 0.25) is 6.17 Å². The number of nitrogens with two attached hydrogens (primary N) is 1. The average molecular weight is 208 g/mol. The summed E-state index contributed by atoms with van der Waals surface area (Å²) in [6.45, 7) is 1.47. The van der Waals surface area contributed by atoms with Crippen molar-refractivity contribution in [3.05, 3.63) is 18.3 Å². The molecule has 1 aromatic heterocycles. The van der Waals surface area contributed by atoms with Crippen molar-refractivity contribution in [1.29, 1.82) is 0 Å². The van der Waals surface area contributed by atoms with Crippen molar-refractivity contribution in [1.82, 2.24) is 4.98 Å². The number of halogens is 1. The number of amides is 1. The Bertz CT molecular complexity index is 428. The molecular formula is C9H9FN4O. The van der Waals surface area contributed by atoms with Crippen molar-refractivity contribution in [2.45, 2.75) is 13.1 Å². The van der Waals surface area contributed by atoms with Gasteiger partial charge >= 0.3 is 0 Å². The topological polar surface area (TPSA) is 71.6 Å². The third-order valence-electron chi connectivity index (χ3n) is 2.07. The van der Waals surface area contributed by atoms with Crippen LogP contribution >= 0.6 is 0 Å². The van der Waals surface area contributed by atoms with E-state index >= 15 is 0 Å². The maximum atomic E-state index is 13.2. The highest BCUT2D eigenvalue weighted by atomic mass is 19.1. The van der Waals surface area contributed by atoms with Gasteiger partial charge in [0.25, 0.3) is 5.91 Å². The molecule has 1 unspecified atom stereocenters. The second-order valence-corrected chi connectivity index (χ2v) is 3.20. The lowest BCUT2D eigenvalue weighted by Crippen LogP contribution is -2.28. The van der Waals surface area contributed by atoms with Crippen LogP contribution in [0.3, 0.4) is 0 Å². The van der Waals surface area contributed by atoms with E-state index in [-0.39, 0.29) is 5.71 Å². The number of nitrogen functional groups attached to an aromatic ring is 1. The van der Waals surface area contributed by atoms with Crippen molar-refractivity contribution in [3.8, 4) is 0 Å². The SMILES string of the molecule is CC1=NN(c2ccc(N)nc2)C(=O)C1F. The maximum Gasteiger partial charge on any atom is 0.287 e. The number of rotatable bonds is 1. The quantitative estimate of drug-likeness (QED) is 0.739. The van der Waals surface area contributed by atoms with E-state index in [1.54, 1.807) is 6.07 Å². The first-order chi connectivity index (χ1) is 7.09. The first-order valence-corrected chi connectivity index (χ1v) is 4.34. The monoisotopic (exact) mass is 208 g/mol. The Labute approximate surface area is 85.4 Å². The molecule has 1 aliphatic rings. The number of alkyl halides is 1. The minimum absolute atomic E-state index is 0.150. The second-order valence-electron chi connectivity index (χ2n) is 3.20. The number of aromatic nitrogens is 1. The minimum Gasteiger partial charge on any atom is -0.384 e. The fourth-order valence-electron chi connectivity index (χ4n) is 1.25. The Hall–Kier alpha value is -1.98. The van der Waals surface area contributed by atoms with E-state index in [1.165, 1.54) is 19.2 Å². The number of hydrogen-bond donors (Lipinski definition) is 1. The van der Waals surface area contributed by atoms with E-state index in [0.29, 0.717) is 11.5 Å². The second kappa shape index (κ2) is 3.30. The van der Waals surface area contributed by atoms with Crippen LogP contribution < -0.4 is 10.7 Å². The van der Waals surface area contributed by atoms with Gasteiger partial charge in [-0.1, -0.05) is 0 Å². The molecule has 0 saturated heterocycles. The zero-order chi connectivity index (χ0) is 11.0. The Balaban J connectivity index is 2.33. The predicted octanol–water partition coefficient (Wildman–Crippen LogP) is 0.724. The van der Waals surface area contributed by atoms with Crippen LogP contribution in [0.15, 0.2) is 23.4 Å². The summed E-state index contributed by atoms with van der Waals surface area (Å²) in [5.74, 6) is -0.359. The molecule has 0 spiro atoms. The first-order valence-electron chi connectivity index (χ1n) is 4.34. The fraction of sp³-hybridized carbons (Fsp3) is 0.222. The van der Waals surface area contributed by atoms with Gasteiger partial charge in [-0.2, -0.15) is 10.1 Å². The number of pyridine rings is 1. The summed E-state index contributed by atoms with van der Waals surface area (Å²) < 4.78 is 13.2. The maximum absolute atomic E-state index is 13.2. The molecule has 5 nitrogen and oxygen atoms in total. The lowest BCUT2D eigenvalue weighted by molar-refractivity contribution is -0.120. The normalized spacial score (nSPS) is 20.7. The Kier molecular flexibility index (Phi) is 2.11. The fourth-order valence-corrected chi connectivity index (χ4v) is 1.25. The van der Waals surface area contributed by atoms with E-state index in [9.17, 15) is 9.18 Å². The van der Waals surface area contributed by atoms with Crippen LogP contribution in [0.5, 0.6) is 0 Å². The number of carbonyl (C=O) groups is 1. The van der Waals surface area contributed by atoms with Crippen LogP contribution in [-0.4, -0.2) is 22.8 Å². The summed E-state index contributed by atoms with van der Waals surface area (Å²) in [5, 5.41) is 4.79. The van der Waals surface area contributed by atoms with Gasteiger partial charge in [0.1, 0.15) is 5.82 Å². The summed E-state index contributed by atoms with van der Waals surface area (Å²) in [6, 6.07) is 3.09. The van der Waals surface area contributed by atoms with E-state index < -0.39 is 12.1 Å². The van der Waals surface area contributed by atoms with Gasteiger partial charge < -0.3 is 5.73 Å². The molecule has 0 bridgehead atoms. The van der Waals surface area contributed by atoms with Crippen LogP contribution in [0.2, 0.25) is 0 Å². The Morgan fingerprint density at radius 2 is 2.27 bits per heavy atom. The molecule has 1 aliphatic heterocycles. The van der Waals surface area contributed by atoms with Crippen molar-refractivity contribution in [2.24, 2.45) is 5.10 Å².